The van der Waals surface area contributed by atoms with E-state index in [4.69, 9.17) is 4.42 Å². The van der Waals surface area contributed by atoms with Gasteiger partial charge in [-0.2, -0.15) is 0 Å². The fraction of sp³-hybridized carbons (Fsp3) is 0.200. The van der Waals surface area contributed by atoms with E-state index < -0.39 is 0 Å². The van der Waals surface area contributed by atoms with Gasteiger partial charge in [0.25, 0.3) is 0 Å². The number of ketones is 2. The molecule has 1 aliphatic heterocycles. The summed E-state index contributed by atoms with van der Waals surface area (Å²) in [7, 11) is 0. The van der Waals surface area contributed by atoms with Crippen molar-refractivity contribution in [3.05, 3.63) is 75.9 Å². The van der Waals surface area contributed by atoms with Crippen molar-refractivity contribution >= 4 is 41.2 Å². The molecule has 0 unspecified atom stereocenters. The fourth-order valence-electron chi connectivity index (χ4n) is 2.39. The van der Waals surface area contributed by atoms with Crippen molar-refractivity contribution in [1.82, 2.24) is 0 Å². The third-order valence-corrected chi connectivity index (χ3v) is 6.29. The maximum atomic E-state index is 13.0. The first kappa shape index (κ1) is 17.8. The largest absolute Gasteiger partial charge is 0.465 e. The van der Waals surface area contributed by atoms with Gasteiger partial charge < -0.3 is 4.42 Å². The van der Waals surface area contributed by atoms with E-state index in [1.54, 1.807) is 60.1 Å². The molecule has 1 aromatic carbocycles. The zero-order valence-electron chi connectivity index (χ0n) is 13.6. The predicted octanol–water partition coefficient (Wildman–Crippen LogP) is 5.22. The quantitative estimate of drug-likeness (QED) is 0.313. The Hall–Kier alpha value is -1.98. The number of allylic oxidation sites excluding steroid dienone is 2. The summed E-state index contributed by atoms with van der Waals surface area (Å²) in [6.45, 7) is 0. The summed E-state index contributed by atoms with van der Waals surface area (Å²) in [6, 6.07) is 12.5. The Labute approximate surface area is 155 Å². The molecule has 128 valence electrons. The van der Waals surface area contributed by atoms with Gasteiger partial charge in [0.15, 0.2) is 11.6 Å². The molecule has 3 nitrogen and oxygen atoms in total. The number of benzene rings is 1. The second kappa shape index (κ2) is 8.92. The van der Waals surface area contributed by atoms with Crippen LogP contribution >= 0.6 is 23.5 Å². The van der Waals surface area contributed by atoms with Gasteiger partial charge in [-0.1, -0.05) is 30.3 Å². The molecule has 0 amide bonds. The molecule has 2 heterocycles. The molecule has 0 bridgehead atoms. The lowest BCUT2D eigenvalue weighted by Crippen LogP contribution is -2.13. The highest BCUT2D eigenvalue weighted by Crippen LogP contribution is 2.37. The van der Waals surface area contributed by atoms with Crippen LogP contribution in [0.25, 0.3) is 6.08 Å². The number of rotatable bonds is 5. The van der Waals surface area contributed by atoms with Crippen LogP contribution in [0.15, 0.2) is 69.0 Å². The smallest absolute Gasteiger partial charge is 0.198 e. The fourth-order valence-corrected chi connectivity index (χ4v) is 4.96. The van der Waals surface area contributed by atoms with Crippen molar-refractivity contribution in [2.45, 2.75) is 12.8 Å². The molecule has 1 saturated heterocycles. The summed E-state index contributed by atoms with van der Waals surface area (Å²) in [6.07, 6.45) is 6.78. The molecule has 0 N–H and O–H groups in total. The maximum absolute atomic E-state index is 13.0. The summed E-state index contributed by atoms with van der Waals surface area (Å²) in [5, 5.41) is 0. The molecule has 25 heavy (non-hydrogen) atoms. The molecule has 1 aromatic heterocycles. The van der Waals surface area contributed by atoms with Gasteiger partial charge in [-0.25, -0.2) is 0 Å². The molecule has 0 spiro atoms. The minimum absolute atomic E-state index is 0.216. The average molecular weight is 370 g/mol. The number of hydrogen-bond acceptors (Lipinski definition) is 5. The normalized spacial score (nSPS) is 15.1. The Morgan fingerprint density at radius 3 is 2.32 bits per heavy atom. The van der Waals surface area contributed by atoms with E-state index in [1.807, 2.05) is 18.2 Å². The summed E-state index contributed by atoms with van der Waals surface area (Å²) < 4.78 is 6.06. The maximum Gasteiger partial charge on any atom is 0.198 e. The third kappa shape index (κ3) is 4.77. The molecule has 0 radical (unpaired) electrons. The monoisotopic (exact) mass is 370 g/mol. The number of hydrogen-bond donors (Lipinski definition) is 0. The summed E-state index contributed by atoms with van der Waals surface area (Å²) >= 11 is 3.22. The highest BCUT2D eigenvalue weighted by atomic mass is 32.2. The SMILES string of the molecule is O=C(/C=C/c1ccco1)C(C(=O)c1ccccc1)=C1SCCCCS1. The van der Waals surface area contributed by atoms with Crippen molar-refractivity contribution in [3.8, 4) is 0 Å². The number of carbonyl (C=O) groups is 2. The van der Waals surface area contributed by atoms with Crippen molar-refractivity contribution in [2.75, 3.05) is 11.5 Å². The van der Waals surface area contributed by atoms with Crippen molar-refractivity contribution in [2.24, 2.45) is 0 Å². The standard InChI is InChI=1S/C20H18O3S2/c21-17(11-10-16-9-6-12-23-16)18(20-24-13-4-5-14-25-20)19(22)15-7-2-1-3-8-15/h1-3,6-12H,4-5,13-14H2/b11-10+. The molecular weight excluding hydrogens is 352 g/mol. The van der Waals surface area contributed by atoms with E-state index >= 15 is 0 Å². The van der Waals surface area contributed by atoms with Gasteiger partial charge in [0.1, 0.15) is 5.76 Å². The first-order valence-electron chi connectivity index (χ1n) is 8.11. The molecule has 1 fully saturated rings. The lowest BCUT2D eigenvalue weighted by molar-refractivity contribution is -0.111. The minimum atomic E-state index is -0.276. The van der Waals surface area contributed by atoms with E-state index in [-0.39, 0.29) is 17.1 Å². The summed E-state index contributed by atoms with van der Waals surface area (Å²) in [5.74, 6) is 1.96. The first-order valence-corrected chi connectivity index (χ1v) is 10.1. The van der Waals surface area contributed by atoms with Gasteiger partial charge in [0.2, 0.25) is 0 Å². The van der Waals surface area contributed by atoms with Gasteiger partial charge in [0.05, 0.1) is 16.1 Å². The van der Waals surface area contributed by atoms with Crippen LogP contribution in [0.5, 0.6) is 0 Å². The van der Waals surface area contributed by atoms with Crippen molar-refractivity contribution < 1.29 is 14.0 Å². The second-order valence-corrected chi connectivity index (χ2v) is 7.94. The molecule has 3 rings (SSSR count). The van der Waals surface area contributed by atoms with Crippen molar-refractivity contribution in [1.29, 1.82) is 0 Å². The van der Waals surface area contributed by atoms with E-state index in [0.29, 0.717) is 11.3 Å². The third-order valence-electron chi connectivity index (χ3n) is 3.66. The van der Waals surface area contributed by atoms with E-state index in [0.717, 1.165) is 28.6 Å². The van der Waals surface area contributed by atoms with Crippen LogP contribution in [0.4, 0.5) is 0 Å². The molecule has 1 aliphatic rings. The highest BCUT2D eigenvalue weighted by Gasteiger charge is 2.24. The van der Waals surface area contributed by atoms with Crippen molar-refractivity contribution in [3.63, 3.8) is 0 Å². The van der Waals surface area contributed by atoms with Gasteiger partial charge in [-0.3, -0.25) is 9.59 Å². The zero-order valence-corrected chi connectivity index (χ0v) is 15.3. The van der Waals surface area contributed by atoms with Gasteiger partial charge >= 0.3 is 0 Å². The van der Waals surface area contributed by atoms with Gasteiger partial charge in [0, 0.05) is 5.56 Å². The van der Waals surface area contributed by atoms with Crippen LogP contribution in [0.2, 0.25) is 0 Å². The van der Waals surface area contributed by atoms with E-state index in [9.17, 15) is 9.59 Å². The Morgan fingerprint density at radius 2 is 1.68 bits per heavy atom. The van der Waals surface area contributed by atoms with Crippen LogP contribution in [0.1, 0.15) is 29.0 Å². The van der Waals surface area contributed by atoms with E-state index in [2.05, 4.69) is 0 Å². The second-order valence-electron chi connectivity index (χ2n) is 5.47. The lowest BCUT2D eigenvalue weighted by Gasteiger charge is -2.10. The Balaban J connectivity index is 1.95. The number of carbonyl (C=O) groups excluding carboxylic acids is 2. The minimum Gasteiger partial charge on any atom is -0.465 e. The van der Waals surface area contributed by atoms with Crippen LogP contribution in [0.3, 0.4) is 0 Å². The lowest BCUT2D eigenvalue weighted by atomic mass is 10.0. The predicted molar refractivity (Wildman–Crippen MR) is 105 cm³/mol. The van der Waals surface area contributed by atoms with Crippen LogP contribution in [-0.4, -0.2) is 23.1 Å². The molecule has 5 heteroatoms. The van der Waals surface area contributed by atoms with E-state index in [1.165, 1.54) is 6.08 Å². The highest BCUT2D eigenvalue weighted by molar-refractivity contribution is 8.22. The summed E-state index contributed by atoms with van der Waals surface area (Å²) in [5.41, 5.74) is 0.807. The first-order chi connectivity index (χ1) is 12.3. The summed E-state index contributed by atoms with van der Waals surface area (Å²) in [4.78, 5) is 25.8. The molecular formula is C20H18O3S2. The molecule has 0 saturated carbocycles. The number of furan rings is 1. The average Bonchev–Trinajstić information content (AvgIpc) is 3.03. The van der Waals surface area contributed by atoms with Crippen LogP contribution in [-0.2, 0) is 4.79 Å². The van der Waals surface area contributed by atoms with Gasteiger partial charge in [-0.05, 0) is 48.6 Å². The molecule has 0 atom stereocenters. The zero-order chi connectivity index (χ0) is 17.5. The van der Waals surface area contributed by atoms with Gasteiger partial charge in [-0.15, -0.1) is 23.5 Å². The number of thioether (sulfide) groups is 2. The Kier molecular flexibility index (Phi) is 6.36. The molecule has 0 aliphatic carbocycles. The Bertz CT molecular complexity index is 780. The number of Topliss-reactive ketones (excluding diaryl/α,β-unsaturated/α-hetero) is 1. The topological polar surface area (TPSA) is 47.3 Å². The van der Waals surface area contributed by atoms with Crippen LogP contribution in [0, 0.1) is 0 Å². The van der Waals surface area contributed by atoms with Crippen LogP contribution < -0.4 is 0 Å². The Morgan fingerprint density at radius 1 is 0.960 bits per heavy atom. The molecule has 2 aromatic rings.